The SMILES string of the molecule is COCO[C@H]1CC(=O)[C@](C)(OCOC)[C@H](O[Si](c2ccccc2)(c2ccccc2)C(C)(C)C)[C@H]1C(=O)O. The van der Waals surface area contributed by atoms with Crippen LogP contribution in [0, 0.1) is 5.92 Å². The minimum absolute atomic E-state index is 0.150. The van der Waals surface area contributed by atoms with E-state index in [1.165, 1.54) is 14.2 Å². The number of hydrogen-bond donors (Lipinski definition) is 1. The molecule has 202 valence electrons. The second-order valence-electron chi connectivity index (χ2n) is 10.5. The van der Waals surface area contributed by atoms with E-state index < -0.39 is 43.1 Å². The molecule has 8 nitrogen and oxygen atoms in total. The molecule has 1 saturated carbocycles. The quantitative estimate of drug-likeness (QED) is 0.350. The number of benzene rings is 2. The highest BCUT2D eigenvalue weighted by molar-refractivity contribution is 6.99. The maximum atomic E-state index is 13.6. The number of hydrogen-bond acceptors (Lipinski definition) is 7. The molecule has 3 rings (SSSR count). The van der Waals surface area contributed by atoms with E-state index in [2.05, 4.69) is 20.8 Å². The first-order valence-electron chi connectivity index (χ1n) is 12.3. The highest BCUT2D eigenvalue weighted by Crippen LogP contribution is 2.44. The third kappa shape index (κ3) is 5.72. The van der Waals surface area contributed by atoms with Crippen LogP contribution in [0.2, 0.25) is 5.04 Å². The molecule has 0 amide bonds. The molecule has 0 spiro atoms. The van der Waals surface area contributed by atoms with Gasteiger partial charge in [-0.15, -0.1) is 0 Å². The van der Waals surface area contributed by atoms with E-state index >= 15 is 0 Å². The zero-order valence-electron chi connectivity index (χ0n) is 22.4. The third-order valence-electron chi connectivity index (χ3n) is 7.09. The van der Waals surface area contributed by atoms with Crippen LogP contribution >= 0.6 is 0 Å². The van der Waals surface area contributed by atoms with Crippen LogP contribution in [0.15, 0.2) is 60.7 Å². The summed E-state index contributed by atoms with van der Waals surface area (Å²) in [5, 5.41) is 11.9. The van der Waals surface area contributed by atoms with E-state index in [-0.39, 0.29) is 25.8 Å². The molecule has 2 aromatic carbocycles. The maximum Gasteiger partial charge on any atom is 0.311 e. The molecule has 0 heterocycles. The number of carbonyl (C=O) groups excluding carboxylic acids is 1. The van der Waals surface area contributed by atoms with Crippen molar-refractivity contribution in [3.8, 4) is 0 Å². The van der Waals surface area contributed by atoms with Crippen LogP contribution in [0.3, 0.4) is 0 Å². The second kappa shape index (κ2) is 12.0. The van der Waals surface area contributed by atoms with Crippen molar-refractivity contribution in [2.24, 2.45) is 5.92 Å². The van der Waals surface area contributed by atoms with Crippen LogP contribution in [-0.2, 0) is 33.0 Å². The highest BCUT2D eigenvalue weighted by Gasteiger charge is 2.62. The number of ketones is 1. The summed E-state index contributed by atoms with van der Waals surface area (Å²) in [6.45, 7) is 7.52. The molecular formula is C28H38O8Si. The Morgan fingerprint density at radius 2 is 1.49 bits per heavy atom. The first kappa shape index (κ1) is 29.2. The lowest BCUT2D eigenvalue weighted by Crippen LogP contribution is -2.73. The van der Waals surface area contributed by atoms with Gasteiger partial charge in [-0.2, -0.15) is 0 Å². The number of carboxylic acids is 1. The number of carbonyl (C=O) groups is 2. The number of carboxylic acid groups (broad SMARTS) is 1. The number of methoxy groups -OCH3 is 2. The summed E-state index contributed by atoms with van der Waals surface area (Å²) in [6.07, 6.45) is -2.27. The summed E-state index contributed by atoms with van der Waals surface area (Å²) in [7, 11) is -0.367. The first-order valence-corrected chi connectivity index (χ1v) is 14.2. The van der Waals surface area contributed by atoms with Gasteiger partial charge in [0.25, 0.3) is 8.32 Å². The van der Waals surface area contributed by atoms with Crippen molar-refractivity contribution in [2.45, 2.75) is 57.0 Å². The molecule has 4 atom stereocenters. The fourth-order valence-electron chi connectivity index (χ4n) is 5.23. The van der Waals surface area contributed by atoms with Crippen molar-refractivity contribution in [1.29, 1.82) is 0 Å². The van der Waals surface area contributed by atoms with Crippen molar-refractivity contribution in [1.82, 2.24) is 0 Å². The van der Waals surface area contributed by atoms with Gasteiger partial charge in [-0.05, 0) is 22.3 Å². The molecule has 0 saturated heterocycles. The van der Waals surface area contributed by atoms with Crippen LogP contribution in [0.4, 0.5) is 0 Å². The first-order chi connectivity index (χ1) is 17.5. The molecule has 2 aromatic rings. The Kier molecular flexibility index (Phi) is 9.44. The Morgan fingerprint density at radius 1 is 0.973 bits per heavy atom. The fourth-order valence-corrected chi connectivity index (χ4v) is 9.99. The third-order valence-corrected chi connectivity index (χ3v) is 12.1. The Labute approximate surface area is 220 Å². The smallest absolute Gasteiger partial charge is 0.311 e. The van der Waals surface area contributed by atoms with Crippen molar-refractivity contribution >= 4 is 30.4 Å². The molecule has 0 aromatic heterocycles. The summed E-state index contributed by atoms with van der Waals surface area (Å²) in [4.78, 5) is 26.5. The summed E-state index contributed by atoms with van der Waals surface area (Å²) >= 11 is 0. The van der Waals surface area contributed by atoms with Crippen LogP contribution in [0.25, 0.3) is 0 Å². The van der Waals surface area contributed by atoms with Gasteiger partial charge in [-0.25, -0.2) is 0 Å². The van der Waals surface area contributed by atoms with Crippen molar-refractivity contribution < 1.29 is 38.1 Å². The number of ether oxygens (including phenoxy) is 4. The fraction of sp³-hybridized carbons (Fsp3) is 0.500. The topological polar surface area (TPSA) is 101 Å². The minimum atomic E-state index is -3.27. The molecule has 1 aliphatic carbocycles. The van der Waals surface area contributed by atoms with Crippen molar-refractivity contribution in [2.75, 3.05) is 27.8 Å². The van der Waals surface area contributed by atoms with E-state index in [9.17, 15) is 14.7 Å². The predicted molar refractivity (Wildman–Crippen MR) is 141 cm³/mol. The van der Waals surface area contributed by atoms with Gasteiger partial charge in [0.15, 0.2) is 11.4 Å². The standard InChI is InChI=1S/C28H38O8Si/c1-27(2,3)37(20-13-9-7-10-14-20,21-15-11-8-12-16-21)36-25-24(26(30)31)22(34-18-32-5)17-23(29)28(25,4)35-19-33-6/h7-16,22,24-25H,17-19H2,1-6H3,(H,30,31)/t22-,24-,25+,28-/m0/s1. The van der Waals surface area contributed by atoms with Crippen LogP contribution in [0.5, 0.6) is 0 Å². The van der Waals surface area contributed by atoms with Gasteiger partial charge >= 0.3 is 5.97 Å². The largest absolute Gasteiger partial charge is 0.481 e. The van der Waals surface area contributed by atoms with E-state index in [0.29, 0.717) is 0 Å². The van der Waals surface area contributed by atoms with Gasteiger partial charge < -0.3 is 28.5 Å². The van der Waals surface area contributed by atoms with Crippen molar-refractivity contribution in [3.05, 3.63) is 60.7 Å². The van der Waals surface area contributed by atoms with Crippen molar-refractivity contribution in [3.63, 3.8) is 0 Å². The van der Waals surface area contributed by atoms with Gasteiger partial charge in [0.2, 0.25) is 0 Å². The zero-order chi connectivity index (χ0) is 27.3. The van der Waals surface area contributed by atoms with E-state index in [4.69, 9.17) is 23.4 Å². The Hall–Kier alpha value is -2.40. The van der Waals surface area contributed by atoms with E-state index in [1.54, 1.807) is 6.92 Å². The summed E-state index contributed by atoms with van der Waals surface area (Å²) in [5.41, 5.74) is -1.58. The van der Waals surface area contributed by atoms with Gasteiger partial charge in [0.05, 0.1) is 12.2 Å². The lowest BCUT2D eigenvalue weighted by Gasteiger charge is -2.52. The summed E-state index contributed by atoms with van der Waals surface area (Å²) in [6, 6.07) is 19.7. The maximum absolute atomic E-state index is 13.6. The molecule has 1 N–H and O–H groups in total. The van der Waals surface area contributed by atoms with E-state index in [1.807, 2.05) is 60.7 Å². The van der Waals surface area contributed by atoms with Gasteiger partial charge in [0, 0.05) is 20.6 Å². The van der Waals surface area contributed by atoms with Crippen LogP contribution in [-0.4, -0.2) is 70.8 Å². The molecule has 0 unspecified atom stereocenters. The van der Waals surface area contributed by atoms with E-state index in [0.717, 1.165) is 10.4 Å². The Balaban J connectivity index is 2.30. The second-order valence-corrected chi connectivity index (χ2v) is 14.7. The van der Waals surface area contributed by atoms with Crippen LogP contribution in [0.1, 0.15) is 34.1 Å². The minimum Gasteiger partial charge on any atom is -0.481 e. The molecule has 1 aliphatic rings. The Morgan fingerprint density at radius 3 is 1.92 bits per heavy atom. The summed E-state index contributed by atoms with van der Waals surface area (Å²) < 4.78 is 29.1. The lowest BCUT2D eigenvalue weighted by atomic mass is 9.73. The number of aliphatic carboxylic acids is 1. The lowest BCUT2D eigenvalue weighted by molar-refractivity contribution is -0.218. The molecule has 0 aliphatic heterocycles. The number of Topliss-reactive ketones (excluding diaryl/α,β-unsaturated/α-hetero) is 1. The normalized spacial score (nSPS) is 24.7. The molecular weight excluding hydrogens is 492 g/mol. The van der Waals surface area contributed by atoms with Crippen LogP contribution < -0.4 is 10.4 Å². The molecule has 37 heavy (non-hydrogen) atoms. The van der Waals surface area contributed by atoms with Gasteiger partial charge in [-0.3, -0.25) is 9.59 Å². The molecule has 0 radical (unpaired) electrons. The summed E-state index contributed by atoms with van der Waals surface area (Å²) in [5.74, 6) is -2.65. The molecule has 9 heteroatoms. The average Bonchev–Trinajstić information content (AvgIpc) is 2.87. The highest BCUT2D eigenvalue weighted by atomic mass is 28.4. The van der Waals surface area contributed by atoms with Gasteiger partial charge in [-0.1, -0.05) is 81.4 Å². The monoisotopic (exact) mass is 530 g/mol. The number of rotatable bonds is 11. The molecule has 0 bridgehead atoms. The molecule has 1 fully saturated rings. The predicted octanol–water partition coefficient (Wildman–Crippen LogP) is 2.97. The Bertz CT molecular complexity index is 1000. The van der Waals surface area contributed by atoms with Gasteiger partial charge in [0.1, 0.15) is 19.5 Å². The zero-order valence-corrected chi connectivity index (χ0v) is 23.4. The average molecular weight is 531 g/mol.